The molecule has 6 heteroatoms. The van der Waals surface area contributed by atoms with Crippen LogP contribution in [0.15, 0.2) is 48.7 Å². The molecule has 144 valence electrons. The van der Waals surface area contributed by atoms with E-state index in [1.54, 1.807) is 6.20 Å². The fourth-order valence-electron chi connectivity index (χ4n) is 3.28. The van der Waals surface area contributed by atoms with E-state index in [9.17, 15) is 4.79 Å². The average Bonchev–Trinajstić information content (AvgIpc) is 2.69. The second-order valence-corrected chi connectivity index (χ2v) is 6.80. The molecule has 2 amide bonds. The van der Waals surface area contributed by atoms with Gasteiger partial charge >= 0.3 is 6.03 Å². The SMILES string of the molecule is CCOc1cc(CNC(=O)NC2CCN(Cc3ccccc3)CC2)ccn1. The maximum absolute atomic E-state index is 12.2. The van der Waals surface area contributed by atoms with Crippen molar-refractivity contribution >= 4 is 6.03 Å². The van der Waals surface area contributed by atoms with Crippen molar-refractivity contribution < 1.29 is 9.53 Å². The number of hydrogen-bond acceptors (Lipinski definition) is 4. The monoisotopic (exact) mass is 368 g/mol. The Morgan fingerprint density at radius 1 is 1.19 bits per heavy atom. The van der Waals surface area contributed by atoms with Crippen LogP contribution in [0.25, 0.3) is 0 Å². The summed E-state index contributed by atoms with van der Waals surface area (Å²) in [6.45, 7) is 5.94. The number of likely N-dealkylation sites (tertiary alicyclic amines) is 1. The van der Waals surface area contributed by atoms with Gasteiger partial charge in [-0.05, 0) is 37.0 Å². The number of nitrogens with zero attached hydrogens (tertiary/aromatic N) is 2. The number of amides is 2. The van der Waals surface area contributed by atoms with Crippen LogP contribution in [-0.4, -0.2) is 41.7 Å². The molecule has 2 aromatic rings. The summed E-state index contributed by atoms with van der Waals surface area (Å²) in [6.07, 6.45) is 3.65. The number of ether oxygens (including phenoxy) is 1. The van der Waals surface area contributed by atoms with Crippen LogP contribution in [0.1, 0.15) is 30.9 Å². The van der Waals surface area contributed by atoms with Gasteiger partial charge in [-0.25, -0.2) is 9.78 Å². The van der Waals surface area contributed by atoms with Crippen molar-refractivity contribution in [2.45, 2.75) is 38.9 Å². The van der Waals surface area contributed by atoms with Crippen LogP contribution in [0.3, 0.4) is 0 Å². The highest BCUT2D eigenvalue weighted by molar-refractivity contribution is 5.74. The molecule has 0 saturated carbocycles. The van der Waals surface area contributed by atoms with Crippen molar-refractivity contribution in [2.24, 2.45) is 0 Å². The first kappa shape index (κ1) is 19.2. The van der Waals surface area contributed by atoms with Crippen molar-refractivity contribution in [1.82, 2.24) is 20.5 Å². The van der Waals surface area contributed by atoms with E-state index in [2.05, 4.69) is 44.8 Å². The molecular weight excluding hydrogens is 340 g/mol. The Bertz CT molecular complexity index is 715. The Morgan fingerprint density at radius 3 is 2.70 bits per heavy atom. The van der Waals surface area contributed by atoms with Gasteiger partial charge in [-0.1, -0.05) is 30.3 Å². The summed E-state index contributed by atoms with van der Waals surface area (Å²) in [6, 6.07) is 14.4. The Balaban J connectivity index is 1.37. The van der Waals surface area contributed by atoms with Crippen LogP contribution < -0.4 is 15.4 Å². The lowest BCUT2D eigenvalue weighted by Gasteiger charge is -2.32. The van der Waals surface area contributed by atoms with Gasteiger partial charge in [0.2, 0.25) is 5.88 Å². The lowest BCUT2D eigenvalue weighted by molar-refractivity contribution is 0.186. The molecule has 0 radical (unpaired) electrons. The van der Waals surface area contributed by atoms with Gasteiger partial charge in [-0.3, -0.25) is 4.90 Å². The summed E-state index contributed by atoms with van der Waals surface area (Å²) < 4.78 is 5.38. The van der Waals surface area contributed by atoms with E-state index in [1.165, 1.54) is 5.56 Å². The van der Waals surface area contributed by atoms with E-state index in [-0.39, 0.29) is 12.1 Å². The number of rotatable bonds is 7. The van der Waals surface area contributed by atoms with Crippen LogP contribution in [-0.2, 0) is 13.1 Å². The fourth-order valence-corrected chi connectivity index (χ4v) is 3.28. The number of piperidine rings is 1. The summed E-state index contributed by atoms with van der Waals surface area (Å²) in [7, 11) is 0. The highest BCUT2D eigenvalue weighted by atomic mass is 16.5. The summed E-state index contributed by atoms with van der Waals surface area (Å²) in [5.74, 6) is 0.586. The number of nitrogens with one attached hydrogen (secondary N) is 2. The minimum absolute atomic E-state index is 0.119. The molecule has 1 fully saturated rings. The summed E-state index contributed by atoms with van der Waals surface area (Å²) in [5, 5.41) is 6.01. The molecule has 2 heterocycles. The zero-order chi connectivity index (χ0) is 18.9. The Labute approximate surface area is 160 Å². The Kier molecular flexibility index (Phi) is 7.04. The molecule has 2 N–H and O–H groups in total. The van der Waals surface area contributed by atoms with Gasteiger partial charge in [0.15, 0.2) is 0 Å². The molecule has 0 bridgehead atoms. The number of carbonyl (C=O) groups is 1. The van der Waals surface area contributed by atoms with Crippen LogP contribution in [0.2, 0.25) is 0 Å². The topological polar surface area (TPSA) is 66.5 Å². The number of hydrogen-bond donors (Lipinski definition) is 2. The van der Waals surface area contributed by atoms with Gasteiger partial charge in [-0.15, -0.1) is 0 Å². The highest BCUT2D eigenvalue weighted by Crippen LogP contribution is 2.14. The van der Waals surface area contributed by atoms with Gasteiger partial charge in [0.1, 0.15) is 0 Å². The van der Waals surface area contributed by atoms with E-state index in [0.29, 0.717) is 19.0 Å². The maximum atomic E-state index is 12.2. The fraction of sp³-hybridized carbons (Fsp3) is 0.429. The minimum atomic E-state index is -0.119. The van der Waals surface area contributed by atoms with Crippen molar-refractivity contribution in [1.29, 1.82) is 0 Å². The smallest absolute Gasteiger partial charge is 0.315 e. The van der Waals surface area contributed by atoms with Crippen LogP contribution in [0, 0.1) is 0 Å². The van der Waals surface area contributed by atoms with Gasteiger partial charge in [0.25, 0.3) is 0 Å². The largest absolute Gasteiger partial charge is 0.478 e. The number of pyridine rings is 1. The van der Waals surface area contributed by atoms with E-state index >= 15 is 0 Å². The molecule has 1 aliphatic heterocycles. The molecule has 1 saturated heterocycles. The molecule has 1 aromatic heterocycles. The maximum Gasteiger partial charge on any atom is 0.315 e. The number of carbonyl (C=O) groups excluding carboxylic acids is 1. The third-order valence-corrected chi connectivity index (χ3v) is 4.72. The van der Waals surface area contributed by atoms with Crippen molar-refractivity contribution in [3.63, 3.8) is 0 Å². The zero-order valence-electron chi connectivity index (χ0n) is 15.9. The molecule has 0 aliphatic carbocycles. The highest BCUT2D eigenvalue weighted by Gasteiger charge is 2.20. The molecule has 1 aliphatic rings. The lowest BCUT2D eigenvalue weighted by Crippen LogP contribution is -2.47. The summed E-state index contributed by atoms with van der Waals surface area (Å²) in [4.78, 5) is 18.8. The first-order valence-corrected chi connectivity index (χ1v) is 9.61. The van der Waals surface area contributed by atoms with E-state index < -0.39 is 0 Å². The minimum Gasteiger partial charge on any atom is -0.478 e. The normalized spacial score (nSPS) is 15.3. The molecule has 1 aromatic carbocycles. The first-order valence-electron chi connectivity index (χ1n) is 9.61. The van der Waals surface area contributed by atoms with Gasteiger partial charge in [0.05, 0.1) is 6.61 Å². The van der Waals surface area contributed by atoms with Crippen molar-refractivity contribution in [3.05, 3.63) is 59.8 Å². The zero-order valence-corrected chi connectivity index (χ0v) is 15.9. The second kappa shape index (κ2) is 9.92. The van der Waals surface area contributed by atoms with Crippen molar-refractivity contribution in [3.8, 4) is 5.88 Å². The van der Waals surface area contributed by atoms with Crippen LogP contribution >= 0.6 is 0 Å². The molecule has 27 heavy (non-hydrogen) atoms. The second-order valence-electron chi connectivity index (χ2n) is 6.80. The number of benzene rings is 1. The summed E-state index contributed by atoms with van der Waals surface area (Å²) >= 11 is 0. The van der Waals surface area contributed by atoms with E-state index in [1.807, 2.05) is 25.1 Å². The van der Waals surface area contributed by atoms with E-state index in [4.69, 9.17) is 4.74 Å². The molecular formula is C21H28N4O2. The molecule has 0 atom stereocenters. The standard InChI is InChI=1S/C21H28N4O2/c1-2-27-20-14-18(8-11-22-20)15-23-21(26)24-19-9-12-25(13-10-19)16-17-6-4-3-5-7-17/h3-8,11,14,19H,2,9-10,12-13,15-16H2,1H3,(H2,23,24,26). The molecule has 0 spiro atoms. The summed E-state index contributed by atoms with van der Waals surface area (Å²) in [5.41, 5.74) is 2.31. The lowest BCUT2D eigenvalue weighted by atomic mass is 10.0. The Morgan fingerprint density at radius 2 is 1.96 bits per heavy atom. The first-order chi connectivity index (χ1) is 13.2. The third kappa shape index (κ3) is 6.25. The predicted molar refractivity (Wildman–Crippen MR) is 106 cm³/mol. The van der Waals surface area contributed by atoms with Crippen LogP contribution in [0.4, 0.5) is 4.79 Å². The Hall–Kier alpha value is -2.60. The number of urea groups is 1. The van der Waals surface area contributed by atoms with Gasteiger partial charge < -0.3 is 15.4 Å². The van der Waals surface area contributed by atoms with Gasteiger partial charge in [-0.2, -0.15) is 0 Å². The molecule has 0 unspecified atom stereocenters. The van der Waals surface area contributed by atoms with Gasteiger partial charge in [0, 0.05) is 44.5 Å². The number of aromatic nitrogens is 1. The predicted octanol–water partition coefficient (Wildman–Crippen LogP) is 2.94. The quantitative estimate of drug-likeness (QED) is 0.789. The van der Waals surface area contributed by atoms with Crippen molar-refractivity contribution in [2.75, 3.05) is 19.7 Å². The van der Waals surface area contributed by atoms with Crippen LogP contribution in [0.5, 0.6) is 5.88 Å². The molecule has 6 nitrogen and oxygen atoms in total. The third-order valence-electron chi connectivity index (χ3n) is 4.72. The average molecular weight is 368 g/mol. The van der Waals surface area contributed by atoms with E-state index in [0.717, 1.165) is 38.0 Å². The molecule has 3 rings (SSSR count).